The highest BCUT2D eigenvalue weighted by Crippen LogP contribution is 2.21. The van der Waals surface area contributed by atoms with Gasteiger partial charge in [0.15, 0.2) is 6.23 Å². The molecule has 4 rings (SSSR count). The van der Waals surface area contributed by atoms with Gasteiger partial charge in [0.25, 0.3) is 0 Å². The zero-order chi connectivity index (χ0) is 20.4. The van der Waals surface area contributed by atoms with E-state index in [0.29, 0.717) is 0 Å². The van der Waals surface area contributed by atoms with Crippen LogP contribution in [0.1, 0.15) is 23.8 Å². The van der Waals surface area contributed by atoms with Crippen molar-refractivity contribution in [2.24, 2.45) is 5.92 Å². The quantitative estimate of drug-likeness (QED) is 0.566. The summed E-state index contributed by atoms with van der Waals surface area (Å²) in [5.41, 5.74) is 3.92. The number of hydrogen-bond acceptors (Lipinski definition) is 4. The smallest absolute Gasteiger partial charge is 0.150 e. The van der Waals surface area contributed by atoms with Crippen molar-refractivity contribution in [1.82, 2.24) is 9.78 Å². The maximum absolute atomic E-state index is 10.5. The van der Waals surface area contributed by atoms with Crippen molar-refractivity contribution in [3.63, 3.8) is 0 Å². The third kappa shape index (κ3) is 4.05. The normalized spacial score (nSPS) is 16.1. The van der Waals surface area contributed by atoms with Crippen molar-refractivity contribution in [1.29, 1.82) is 5.26 Å². The lowest BCUT2D eigenvalue weighted by atomic mass is 10.0. The molecular formula is C23H25N5O. The van der Waals surface area contributed by atoms with E-state index in [1.165, 1.54) is 0 Å². The standard InChI is InChI=1S/C23H25N5O/c1-27(2)20-10-6-18(7-11-20)23(29)25-19-8-3-16(4-9-19)15-28-22-13-17(14-24)5-12-21(22)26-28/h3-4,6-13,17,23,25-26,29H,5,15H2,1-2H3. The van der Waals surface area contributed by atoms with Crippen molar-refractivity contribution >= 4 is 23.5 Å². The van der Waals surface area contributed by atoms with Gasteiger partial charge in [-0.2, -0.15) is 5.26 Å². The van der Waals surface area contributed by atoms with Crippen LogP contribution in [-0.2, 0) is 6.54 Å². The molecule has 3 N–H and O–H groups in total. The van der Waals surface area contributed by atoms with Crippen LogP contribution < -0.4 is 20.9 Å². The van der Waals surface area contributed by atoms with Crippen LogP contribution in [-0.4, -0.2) is 29.0 Å². The maximum Gasteiger partial charge on any atom is 0.150 e. The van der Waals surface area contributed by atoms with E-state index in [4.69, 9.17) is 5.26 Å². The van der Waals surface area contributed by atoms with Gasteiger partial charge in [0.1, 0.15) is 0 Å². The molecule has 0 spiro atoms. The molecule has 0 radical (unpaired) electrons. The molecule has 29 heavy (non-hydrogen) atoms. The number of benzene rings is 2. The Morgan fingerprint density at radius 1 is 1.21 bits per heavy atom. The van der Waals surface area contributed by atoms with Crippen LogP contribution in [0.25, 0.3) is 12.2 Å². The summed E-state index contributed by atoms with van der Waals surface area (Å²) in [6.45, 7) is 0.718. The van der Waals surface area contributed by atoms with E-state index in [-0.39, 0.29) is 5.92 Å². The first-order chi connectivity index (χ1) is 14.0. The van der Waals surface area contributed by atoms with Gasteiger partial charge < -0.3 is 15.3 Å². The number of anilines is 2. The number of aromatic nitrogens is 2. The van der Waals surface area contributed by atoms with Crippen LogP contribution in [0.3, 0.4) is 0 Å². The predicted molar refractivity (Wildman–Crippen MR) is 116 cm³/mol. The van der Waals surface area contributed by atoms with Crippen LogP contribution >= 0.6 is 0 Å². The predicted octanol–water partition coefficient (Wildman–Crippen LogP) is 2.14. The number of nitriles is 1. The van der Waals surface area contributed by atoms with Crippen molar-refractivity contribution in [3.8, 4) is 6.07 Å². The first-order valence-electron chi connectivity index (χ1n) is 9.70. The fourth-order valence-electron chi connectivity index (χ4n) is 3.49. The van der Waals surface area contributed by atoms with E-state index in [0.717, 1.165) is 46.2 Å². The summed E-state index contributed by atoms with van der Waals surface area (Å²) in [6.07, 6.45) is 4.12. The molecule has 0 bridgehead atoms. The molecule has 6 nitrogen and oxygen atoms in total. The first-order valence-corrected chi connectivity index (χ1v) is 9.70. The van der Waals surface area contributed by atoms with Gasteiger partial charge in [-0.1, -0.05) is 30.3 Å². The van der Waals surface area contributed by atoms with Crippen molar-refractivity contribution in [3.05, 3.63) is 70.4 Å². The number of nitrogens with zero attached hydrogens (tertiary/aromatic N) is 3. The Labute approximate surface area is 170 Å². The third-order valence-electron chi connectivity index (χ3n) is 5.25. The number of hydrogen-bond donors (Lipinski definition) is 3. The van der Waals surface area contributed by atoms with Crippen LogP contribution in [0.2, 0.25) is 0 Å². The lowest BCUT2D eigenvalue weighted by molar-refractivity contribution is 0.208. The highest BCUT2D eigenvalue weighted by atomic mass is 16.3. The van der Waals surface area contributed by atoms with Crippen LogP contribution in [0.5, 0.6) is 0 Å². The molecule has 1 aromatic heterocycles. The zero-order valence-electron chi connectivity index (χ0n) is 16.6. The summed E-state index contributed by atoms with van der Waals surface area (Å²) < 4.78 is 2.05. The monoisotopic (exact) mass is 387 g/mol. The van der Waals surface area contributed by atoms with E-state index in [1.807, 2.05) is 73.6 Å². The van der Waals surface area contributed by atoms with Gasteiger partial charge in [0, 0.05) is 31.0 Å². The molecule has 2 unspecified atom stereocenters. The number of H-pyrrole nitrogens is 1. The Morgan fingerprint density at radius 2 is 1.93 bits per heavy atom. The molecule has 2 atom stereocenters. The molecule has 3 aromatic rings. The number of aromatic amines is 1. The maximum atomic E-state index is 10.5. The van der Waals surface area contributed by atoms with Gasteiger partial charge in [-0.3, -0.25) is 9.78 Å². The highest BCUT2D eigenvalue weighted by molar-refractivity contribution is 5.49. The number of nitrogens with one attached hydrogen (secondary N) is 2. The minimum Gasteiger partial charge on any atom is -0.378 e. The first kappa shape index (κ1) is 18.9. The Kier molecular flexibility index (Phi) is 5.15. The fraction of sp³-hybridized carbons (Fsp3) is 0.261. The van der Waals surface area contributed by atoms with Gasteiger partial charge in [0.2, 0.25) is 0 Å². The van der Waals surface area contributed by atoms with Gasteiger partial charge in [-0.15, -0.1) is 0 Å². The van der Waals surface area contributed by atoms with Crippen LogP contribution in [0, 0.1) is 17.2 Å². The minimum atomic E-state index is -0.767. The number of fused-ring (bicyclic) bond motifs is 1. The topological polar surface area (TPSA) is 80.0 Å². The molecule has 1 heterocycles. The lowest BCUT2D eigenvalue weighted by Crippen LogP contribution is -2.50. The molecule has 6 heteroatoms. The van der Waals surface area contributed by atoms with Crippen LogP contribution in [0.4, 0.5) is 11.4 Å². The molecule has 0 amide bonds. The number of aliphatic hydroxyl groups excluding tert-OH is 1. The SMILES string of the molecule is CN(C)c1ccc(C(O)Nc2ccc(Cn3[nH]c4c3=CC(C#N)CC=4)cc2)cc1. The highest BCUT2D eigenvalue weighted by Gasteiger charge is 2.12. The fourth-order valence-corrected chi connectivity index (χ4v) is 3.49. The van der Waals surface area contributed by atoms with E-state index < -0.39 is 6.23 Å². The summed E-state index contributed by atoms with van der Waals surface area (Å²) in [4.78, 5) is 2.03. The van der Waals surface area contributed by atoms with Gasteiger partial charge in [0.05, 0.1) is 29.2 Å². The second kappa shape index (κ2) is 7.90. The summed E-state index contributed by atoms with van der Waals surface area (Å²) in [5, 5.41) is 28.2. The van der Waals surface area contributed by atoms with E-state index in [2.05, 4.69) is 27.2 Å². The largest absolute Gasteiger partial charge is 0.378 e. The summed E-state index contributed by atoms with van der Waals surface area (Å²) in [5.74, 6) is -0.0433. The summed E-state index contributed by atoms with van der Waals surface area (Å²) >= 11 is 0. The van der Waals surface area contributed by atoms with Gasteiger partial charge in [-0.05, 0) is 42.3 Å². The average Bonchev–Trinajstić information content (AvgIpc) is 2.73. The Balaban J connectivity index is 1.41. The molecule has 1 aliphatic carbocycles. The minimum absolute atomic E-state index is 0.0433. The summed E-state index contributed by atoms with van der Waals surface area (Å²) in [7, 11) is 3.98. The van der Waals surface area contributed by atoms with E-state index in [1.54, 1.807) is 0 Å². The molecule has 0 saturated heterocycles. The van der Waals surface area contributed by atoms with Crippen molar-refractivity contribution < 1.29 is 5.11 Å². The molecule has 148 valence electrons. The molecule has 2 aromatic carbocycles. The van der Waals surface area contributed by atoms with E-state index in [9.17, 15) is 5.11 Å². The second-order valence-electron chi connectivity index (χ2n) is 7.57. The molecule has 0 aliphatic heterocycles. The number of aliphatic hydroxyl groups is 1. The van der Waals surface area contributed by atoms with Crippen molar-refractivity contribution in [2.75, 3.05) is 24.3 Å². The zero-order valence-corrected chi connectivity index (χ0v) is 16.6. The van der Waals surface area contributed by atoms with Gasteiger partial charge in [-0.25, -0.2) is 0 Å². The lowest BCUT2D eigenvalue weighted by Gasteiger charge is -2.19. The third-order valence-corrected chi connectivity index (χ3v) is 5.25. The van der Waals surface area contributed by atoms with Crippen LogP contribution in [0.15, 0.2) is 48.5 Å². The number of rotatable bonds is 6. The van der Waals surface area contributed by atoms with E-state index >= 15 is 0 Å². The second-order valence-corrected chi connectivity index (χ2v) is 7.57. The van der Waals surface area contributed by atoms with Crippen molar-refractivity contribution in [2.45, 2.75) is 19.2 Å². The molecule has 1 aliphatic rings. The Bertz CT molecular complexity index is 1130. The molecule has 0 saturated carbocycles. The Hall–Kier alpha value is -3.43. The average molecular weight is 387 g/mol. The molecular weight excluding hydrogens is 362 g/mol. The molecule has 0 fully saturated rings. The Morgan fingerprint density at radius 3 is 2.59 bits per heavy atom. The summed E-state index contributed by atoms with van der Waals surface area (Å²) in [6, 6.07) is 18.2. The van der Waals surface area contributed by atoms with Gasteiger partial charge >= 0.3 is 0 Å².